The van der Waals surface area contributed by atoms with Crippen LogP contribution in [0.1, 0.15) is 84.0 Å². The fourth-order valence-electron chi connectivity index (χ4n) is 5.22. The molecule has 0 saturated carbocycles. The molecule has 0 saturated heterocycles. The van der Waals surface area contributed by atoms with Crippen molar-refractivity contribution in [3.63, 3.8) is 0 Å². The van der Waals surface area contributed by atoms with Gasteiger partial charge in [-0.2, -0.15) is 0 Å². The average Bonchev–Trinajstić information content (AvgIpc) is 3.13. The minimum atomic E-state index is -1.31. The highest BCUT2D eigenvalue weighted by Gasteiger charge is 2.32. The zero-order chi connectivity index (χ0) is 43.3. The minimum absolute atomic E-state index is 0.00397. The van der Waals surface area contributed by atoms with Gasteiger partial charge in [-0.25, -0.2) is 4.79 Å². The van der Waals surface area contributed by atoms with Crippen molar-refractivity contribution in [1.29, 1.82) is 0 Å². The van der Waals surface area contributed by atoms with Gasteiger partial charge in [0.1, 0.15) is 30.2 Å². The topological polar surface area (TPSA) is 454 Å². The Kier molecular flexibility index (Phi) is 26.9. The number of unbranched alkanes of at least 4 members (excludes halogenated alkanes) is 2. The van der Waals surface area contributed by atoms with Crippen LogP contribution in [0.4, 0.5) is 0 Å². The van der Waals surface area contributed by atoms with Gasteiger partial charge in [0.2, 0.25) is 29.5 Å². The molecule has 0 aliphatic carbocycles. The molecular weight excluding hydrogens is 746 g/mol. The van der Waals surface area contributed by atoms with Crippen LogP contribution < -0.4 is 78.2 Å². The summed E-state index contributed by atoms with van der Waals surface area (Å²) in [6.45, 7) is 2.42. The highest BCUT2D eigenvalue weighted by Crippen LogP contribution is 2.09. The lowest BCUT2D eigenvalue weighted by Gasteiger charge is -2.27. The van der Waals surface area contributed by atoms with Crippen LogP contribution in [0.5, 0.6) is 0 Å². The first-order chi connectivity index (χ1) is 26.9. The van der Waals surface area contributed by atoms with E-state index in [1.165, 1.54) is 6.92 Å². The van der Waals surface area contributed by atoms with Crippen molar-refractivity contribution in [2.45, 2.75) is 120 Å². The molecule has 0 aromatic rings. The lowest BCUT2D eigenvalue weighted by atomic mass is 10.0. The molecule has 0 fully saturated rings. The Bertz CT molecular complexity index is 1350. The summed E-state index contributed by atoms with van der Waals surface area (Å²) in [5, 5.41) is 22.7. The average molecular weight is 814 g/mol. The number of aliphatic carboxylic acids is 1. The number of hydrogen-bond donors (Lipinski definition) is 15. The molecule has 24 N–H and O–H groups in total. The van der Waals surface area contributed by atoms with Crippen molar-refractivity contribution in [2.24, 2.45) is 66.6 Å². The second-order valence-corrected chi connectivity index (χ2v) is 13.3. The third kappa shape index (κ3) is 24.6. The lowest BCUT2D eigenvalue weighted by molar-refractivity contribution is -0.142. The predicted octanol–water partition coefficient (Wildman–Crippen LogP) is -5.74. The van der Waals surface area contributed by atoms with Crippen molar-refractivity contribution < 1.29 is 33.9 Å². The quantitative estimate of drug-likeness (QED) is 0.0176. The molecule has 0 aromatic heterocycles. The molecule has 6 atom stereocenters. The van der Waals surface area contributed by atoms with Crippen molar-refractivity contribution in [1.82, 2.24) is 26.6 Å². The molecule has 6 unspecified atom stereocenters. The van der Waals surface area contributed by atoms with Gasteiger partial charge in [0, 0.05) is 19.6 Å². The molecule has 57 heavy (non-hydrogen) atoms. The number of nitrogens with zero attached hydrogens (tertiary/aromatic N) is 3. The smallest absolute Gasteiger partial charge is 0.326 e. The van der Waals surface area contributed by atoms with Crippen LogP contribution in [-0.4, -0.2) is 127 Å². The van der Waals surface area contributed by atoms with Gasteiger partial charge in [0.25, 0.3) is 0 Å². The van der Waals surface area contributed by atoms with Crippen LogP contribution in [0.3, 0.4) is 0 Å². The number of carbonyl (C=O) groups excluding carboxylic acids is 5. The van der Waals surface area contributed by atoms with Crippen molar-refractivity contribution in [3.8, 4) is 0 Å². The maximum absolute atomic E-state index is 13.9. The van der Waals surface area contributed by atoms with Crippen molar-refractivity contribution in [3.05, 3.63) is 0 Å². The van der Waals surface area contributed by atoms with E-state index in [0.717, 1.165) is 0 Å². The van der Waals surface area contributed by atoms with E-state index in [4.69, 9.17) is 51.6 Å². The molecule has 5 amide bonds. The number of nitrogens with two attached hydrogens (primary N) is 9. The molecule has 0 heterocycles. The van der Waals surface area contributed by atoms with Gasteiger partial charge in [0.05, 0.1) is 6.04 Å². The predicted molar refractivity (Wildman–Crippen MR) is 216 cm³/mol. The van der Waals surface area contributed by atoms with Gasteiger partial charge in [0.15, 0.2) is 17.9 Å². The van der Waals surface area contributed by atoms with Gasteiger partial charge in [-0.1, -0.05) is 0 Å². The van der Waals surface area contributed by atoms with E-state index in [0.29, 0.717) is 38.8 Å². The Morgan fingerprint density at radius 2 is 0.719 bits per heavy atom. The normalized spacial score (nSPS) is 13.9. The fraction of sp³-hybridized carbons (Fsp3) is 0.727. The first kappa shape index (κ1) is 51.5. The van der Waals surface area contributed by atoms with Crippen LogP contribution in [0.25, 0.3) is 0 Å². The Morgan fingerprint density at radius 3 is 0.982 bits per heavy atom. The van der Waals surface area contributed by atoms with E-state index in [-0.39, 0.29) is 88.9 Å². The summed E-state index contributed by atoms with van der Waals surface area (Å²) < 4.78 is 0. The molecule has 24 heteroatoms. The molecule has 0 aliphatic heterocycles. The summed E-state index contributed by atoms with van der Waals surface area (Å²) in [4.78, 5) is 91.1. The SMILES string of the molecule is CC(N)C(=O)NC(CCCCN)C(=O)NC(CCCN=C(N)N)C(=O)NC(CCCN=C(N)N)C(=O)NC(CCCN=C(N)N)C(=O)NC(CCCCN)C(=O)O. The summed E-state index contributed by atoms with van der Waals surface area (Å²) >= 11 is 0. The molecule has 24 nitrogen and oxygen atoms in total. The number of rotatable bonds is 31. The van der Waals surface area contributed by atoms with E-state index >= 15 is 0 Å². The zero-order valence-electron chi connectivity index (χ0n) is 32.9. The minimum Gasteiger partial charge on any atom is -0.480 e. The van der Waals surface area contributed by atoms with Gasteiger partial charge in [-0.3, -0.25) is 38.9 Å². The van der Waals surface area contributed by atoms with Gasteiger partial charge >= 0.3 is 5.97 Å². The number of aliphatic imine (C=N–C) groups is 3. The van der Waals surface area contributed by atoms with E-state index in [9.17, 15) is 33.9 Å². The largest absolute Gasteiger partial charge is 0.480 e. The second kappa shape index (κ2) is 29.8. The number of carbonyl (C=O) groups is 6. The molecule has 0 aliphatic rings. The second-order valence-electron chi connectivity index (χ2n) is 13.3. The van der Waals surface area contributed by atoms with Gasteiger partial charge in [-0.05, 0) is 97.1 Å². The zero-order valence-corrected chi connectivity index (χ0v) is 32.9. The number of amides is 5. The molecule has 0 radical (unpaired) electrons. The van der Waals surface area contributed by atoms with E-state index < -0.39 is 71.8 Å². The van der Waals surface area contributed by atoms with Crippen LogP contribution in [-0.2, 0) is 28.8 Å². The molecular formula is C33H67N17O7. The number of carboxylic acid groups (broad SMARTS) is 1. The van der Waals surface area contributed by atoms with Crippen LogP contribution in [0.2, 0.25) is 0 Å². The summed E-state index contributed by atoms with van der Waals surface area (Å²) in [6, 6.07) is -7.10. The Labute approximate surface area is 333 Å². The summed E-state index contributed by atoms with van der Waals surface area (Å²) in [5.74, 6) is -5.50. The monoisotopic (exact) mass is 814 g/mol. The number of carboxylic acids is 1. The number of guanidine groups is 3. The highest BCUT2D eigenvalue weighted by atomic mass is 16.4. The van der Waals surface area contributed by atoms with E-state index in [1.54, 1.807) is 0 Å². The molecule has 0 bridgehead atoms. The molecule has 0 rings (SSSR count). The van der Waals surface area contributed by atoms with Crippen LogP contribution in [0.15, 0.2) is 15.0 Å². The maximum atomic E-state index is 13.9. The first-order valence-electron chi connectivity index (χ1n) is 19.0. The summed E-state index contributed by atoms with van der Waals surface area (Å²) in [5.41, 5.74) is 49.5. The highest BCUT2D eigenvalue weighted by molar-refractivity contribution is 5.96. The third-order valence-corrected chi connectivity index (χ3v) is 8.29. The summed E-state index contributed by atoms with van der Waals surface area (Å²) in [6.07, 6.45) is 2.87. The Morgan fingerprint density at radius 1 is 0.456 bits per heavy atom. The molecule has 326 valence electrons. The van der Waals surface area contributed by atoms with Gasteiger partial charge in [-0.15, -0.1) is 0 Å². The standard InChI is InChI=1S/C33H67N17O7/c1-19(36)25(51)46-20(9-2-4-14-34)26(52)47-21(11-6-16-43-31(37)38)27(53)48-22(12-7-17-44-32(39)40)28(54)49-23(13-8-18-45-33(41)42)29(55)50-24(30(56)57)10-3-5-15-35/h19-24H,2-18,34-36H2,1H3,(H,46,51)(H,47,52)(H,48,53)(H,49,54)(H,50,55)(H,56,57)(H4,37,38,43)(H4,39,40,44)(H4,41,42,45). The van der Waals surface area contributed by atoms with E-state index in [1.807, 2.05) is 0 Å². The van der Waals surface area contributed by atoms with E-state index in [2.05, 4.69) is 41.6 Å². The maximum Gasteiger partial charge on any atom is 0.326 e. The Hall–Kier alpha value is -5.49. The lowest BCUT2D eigenvalue weighted by Crippen LogP contribution is -2.59. The number of nitrogens with one attached hydrogen (secondary N) is 5. The molecule has 0 spiro atoms. The Balaban J connectivity index is 6.57. The molecule has 0 aromatic carbocycles. The van der Waals surface area contributed by atoms with Gasteiger partial charge < -0.3 is 83.3 Å². The summed E-state index contributed by atoms with van der Waals surface area (Å²) in [7, 11) is 0. The van der Waals surface area contributed by atoms with Crippen LogP contribution in [0, 0.1) is 0 Å². The van der Waals surface area contributed by atoms with Crippen molar-refractivity contribution >= 4 is 53.4 Å². The van der Waals surface area contributed by atoms with Crippen molar-refractivity contribution in [2.75, 3.05) is 32.7 Å². The first-order valence-corrected chi connectivity index (χ1v) is 19.0. The number of hydrogen-bond acceptors (Lipinski definition) is 12. The third-order valence-electron chi connectivity index (χ3n) is 8.29. The van der Waals surface area contributed by atoms with Crippen LogP contribution >= 0.6 is 0 Å². The fourth-order valence-corrected chi connectivity index (χ4v) is 5.22.